The standard InChI is InChI=1S/C13H13FN4O4/c1-21-8-4-9(14)12(18(19)20)10(5-8)15-6-11-16-17-13(22-11)7-2-3-7/h4-5,7,15H,2-3,6H2,1H3. The zero-order valence-corrected chi connectivity index (χ0v) is 11.7. The molecule has 0 amide bonds. The second-order valence-electron chi connectivity index (χ2n) is 4.92. The zero-order valence-electron chi connectivity index (χ0n) is 11.7. The molecule has 1 heterocycles. The Balaban J connectivity index is 1.80. The third kappa shape index (κ3) is 2.83. The highest BCUT2D eigenvalue weighted by atomic mass is 19.1. The molecule has 0 saturated heterocycles. The molecule has 0 aliphatic heterocycles. The van der Waals surface area contributed by atoms with Gasteiger partial charge >= 0.3 is 5.69 Å². The number of halogens is 1. The Morgan fingerprint density at radius 1 is 1.50 bits per heavy atom. The molecule has 9 heteroatoms. The van der Waals surface area contributed by atoms with Crippen molar-refractivity contribution < 1.29 is 18.5 Å². The molecule has 1 saturated carbocycles. The fraction of sp³-hybridized carbons (Fsp3) is 0.385. The molecule has 0 radical (unpaired) electrons. The summed E-state index contributed by atoms with van der Waals surface area (Å²) in [5.41, 5.74) is -0.657. The van der Waals surface area contributed by atoms with E-state index in [1.165, 1.54) is 13.2 Å². The smallest absolute Gasteiger partial charge is 0.327 e. The predicted octanol–water partition coefficient (Wildman–Crippen LogP) is 2.62. The molecule has 3 rings (SSSR count). The second kappa shape index (κ2) is 5.58. The van der Waals surface area contributed by atoms with E-state index in [-0.39, 0.29) is 18.0 Å². The van der Waals surface area contributed by atoms with Crippen molar-refractivity contribution in [1.29, 1.82) is 0 Å². The number of ether oxygens (including phenoxy) is 1. The van der Waals surface area contributed by atoms with Crippen molar-refractivity contribution in [1.82, 2.24) is 10.2 Å². The monoisotopic (exact) mass is 308 g/mol. The summed E-state index contributed by atoms with van der Waals surface area (Å²) in [6.07, 6.45) is 2.06. The summed E-state index contributed by atoms with van der Waals surface area (Å²) < 4.78 is 24.1. The molecule has 1 fully saturated rings. The van der Waals surface area contributed by atoms with Crippen molar-refractivity contribution in [2.45, 2.75) is 25.3 Å². The predicted molar refractivity (Wildman–Crippen MR) is 73.2 cm³/mol. The minimum Gasteiger partial charge on any atom is -0.497 e. The van der Waals surface area contributed by atoms with Crippen LogP contribution in [0.1, 0.15) is 30.5 Å². The topological polar surface area (TPSA) is 103 Å². The Hall–Kier alpha value is -2.71. The van der Waals surface area contributed by atoms with Crippen LogP contribution in [0.4, 0.5) is 15.8 Å². The largest absolute Gasteiger partial charge is 0.497 e. The Morgan fingerprint density at radius 3 is 2.91 bits per heavy atom. The van der Waals surface area contributed by atoms with E-state index < -0.39 is 16.4 Å². The number of benzene rings is 1. The molecule has 0 unspecified atom stereocenters. The summed E-state index contributed by atoms with van der Waals surface area (Å²) in [5, 5.41) is 21.5. The number of aromatic nitrogens is 2. The maximum absolute atomic E-state index is 13.8. The molecule has 1 N–H and O–H groups in total. The quantitative estimate of drug-likeness (QED) is 0.646. The van der Waals surface area contributed by atoms with E-state index in [1.54, 1.807) is 0 Å². The first-order valence-corrected chi connectivity index (χ1v) is 6.66. The maximum atomic E-state index is 13.8. The van der Waals surface area contributed by atoms with Gasteiger partial charge in [-0.2, -0.15) is 4.39 Å². The van der Waals surface area contributed by atoms with Gasteiger partial charge in [-0.1, -0.05) is 0 Å². The Kier molecular flexibility index (Phi) is 3.61. The van der Waals surface area contributed by atoms with Crippen LogP contribution in [0.25, 0.3) is 0 Å². The highest BCUT2D eigenvalue weighted by molar-refractivity contribution is 5.64. The second-order valence-corrected chi connectivity index (χ2v) is 4.92. The summed E-state index contributed by atoms with van der Waals surface area (Å²) in [4.78, 5) is 10.2. The number of nitro benzene ring substituents is 1. The first-order chi connectivity index (χ1) is 10.6. The van der Waals surface area contributed by atoms with Crippen LogP contribution in [0, 0.1) is 15.9 Å². The number of rotatable bonds is 6. The minimum absolute atomic E-state index is 0.00646. The van der Waals surface area contributed by atoms with E-state index in [1.807, 2.05) is 0 Å². The summed E-state index contributed by atoms with van der Waals surface area (Å²) >= 11 is 0. The zero-order chi connectivity index (χ0) is 15.7. The molecule has 1 aliphatic rings. The number of nitro groups is 1. The molecule has 2 aromatic rings. The lowest BCUT2D eigenvalue weighted by molar-refractivity contribution is -0.386. The van der Waals surface area contributed by atoms with Crippen molar-refractivity contribution in [3.05, 3.63) is 39.8 Å². The average molecular weight is 308 g/mol. The van der Waals surface area contributed by atoms with Crippen molar-refractivity contribution in [2.24, 2.45) is 0 Å². The van der Waals surface area contributed by atoms with E-state index in [4.69, 9.17) is 9.15 Å². The lowest BCUT2D eigenvalue weighted by atomic mass is 10.2. The van der Waals surface area contributed by atoms with Crippen LogP contribution in [-0.4, -0.2) is 22.2 Å². The summed E-state index contributed by atoms with van der Waals surface area (Å²) in [6.45, 7) is 0.0627. The van der Waals surface area contributed by atoms with Crippen LogP contribution in [0.15, 0.2) is 16.5 Å². The number of anilines is 1. The van der Waals surface area contributed by atoms with Gasteiger partial charge in [-0.3, -0.25) is 10.1 Å². The van der Waals surface area contributed by atoms with E-state index in [0.717, 1.165) is 18.9 Å². The van der Waals surface area contributed by atoms with E-state index in [2.05, 4.69) is 15.5 Å². The molecule has 0 atom stereocenters. The summed E-state index contributed by atoms with van der Waals surface area (Å²) in [7, 11) is 1.35. The van der Waals surface area contributed by atoms with Gasteiger partial charge < -0.3 is 14.5 Å². The number of hydrogen-bond acceptors (Lipinski definition) is 7. The molecular formula is C13H13FN4O4. The van der Waals surface area contributed by atoms with Crippen molar-refractivity contribution >= 4 is 11.4 Å². The van der Waals surface area contributed by atoms with Crippen molar-refractivity contribution in [2.75, 3.05) is 12.4 Å². The van der Waals surface area contributed by atoms with Crippen molar-refractivity contribution in [3.63, 3.8) is 0 Å². The molecule has 1 aliphatic carbocycles. The number of methoxy groups -OCH3 is 1. The summed E-state index contributed by atoms with van der Waals surface area (Å²) in [5.74, 6) is 0.387. The Morgan fingerprint density at radius 2 is 2.27 bits per heavy atom. The molecule has 1 aromatic carbocycles. The van der Waals surface area contributed by atoms with Gasteiger partial charge in [0.25, 0.3) is 0 Å². The van der Waals surface area contributed by atoms with E-state index in [9.17, 15) is 14.5 Å². The fourth-order valence-electron chi connectivity index (χ4n) is 2.02. The maximum Gasteiger partial charge on any atom is 0.327 e. The Labute approximate surface area is 124 Å². The van der Waals surface area contributed by atoms with Crippen molar-refractivity contribution in [3.8, 4) is 5.75 Å². The lowest BCUT2D eigenvalue weighted by Gasteiger charge is -2.08. The van der Waals surface area contributed by atoms with Crippen LogP contribution in [0.5, 0.6) is 5.75 Å². The van der Waals surface area contributed by atoms with Crippen LogP contribution in [-0.2, 0) is 6.54 Å². The van der Waals surface area contributed by atoms with Gasteiger partial charge in [-0.15, -0.1) is 10.2 Å². The summed E-state index contributed by atoms with van der Waals surface area (Å²) in [6, 6.07) is 2.31. The first kappa shape index (κ1) is 14.2. The third-order valence-electron chi connectivity index (χ3n) is 3.29. The van der Waals surface area contributed by atoms with Gasteiger partial charge in [0.2, 0.25) is 17.6 Å². The molecule has 0 spiro atoms. The van der Waals surface area contributed by atoms with E-state index in [0.29, 0.717) is 17.7 Å². The highest BCUT2D eigenvalue weighted by Gasteiger charge is 2.29. The molecule has 22 heavy (non-hydrogen) atoms. The SMILES string of the molecule is COc1cc(F)c([N+](=O)[O-])c(NCc2nnc(C3CC3)o2)c1. The molecule has 8 nitrogen and oxygen atoms in total. The number of nitrogens with one attached hydrogen (secondary N) is 1. The molecule has 1 aromatic heterocycles. The Bertz CT molecular complexity index is 714. The number of nitrogens with zero attached hydrogens (tertiary/aromatic N) is 3. The minimum atomic E-state index is -0.976. The molecular weight excluding hydrogens is 295 g/mol. The van der Waals surface area contributed by atoms with Gasteiger partial charge in [0.05, 0.1) is 18.6 Å². The van der Waals surface area contributed by atoms with Gasteiger partial charge in [-0.25, -0.2) is 0 Å². The third-order valence-corrected chi connectivity index (χ3v) is 3.29. The highest BCUT2D eigenvalue weighted by Crippen LogP contribution is 2.39. The van der Waals surface area contributed by atoms with Gasteiger partial charge in [0.1, 0.15) is 11.4 Å². The van der Waals surface area contributed by atoms with E-state index >= 15 is 0 Å². The van der Waals surface area contributed by atoms with Crippen LogP contribution >= 0.6 is 0 Å². The van der Waals surface area contributed by atoms with Crippen LogP contribution in [0.2, 0.25) is 0 Å². The van der Waals surface area contributed by atoms with Gasteiger partial charge in [-0.05, 0) is 12.8 Å². The van der Waals surface area contributed by atoms with Gasteiger partial charge in [0, 0.05) is 18.1 Å². The molecule has 0 bridgehead atoms. The van der Waals surface area contributed by atoms with Gasteiger partial charge in [0.15, 0.2) is 0 Å². The van der Waals surface area contributed by atoms with Crippen LogP contribution in [0.3, 0.4) is 0 Å². The lowest BCUT2D eigenvalue weighted by Crippen LogP contribution is -2.05. The number of hydrogen-bond donors (Lipinski definition) is 1. The average Bonchev–Trinajstić information content (AvgIpc) is 3.23. The normalized spacial score (nSPS) is 13.9. The first-order valence-electron chi connectivity index (χ1n) is 6.66. The fourth-order valence-corrected chi connectivity index (χ4v) is 2.02. The molecule has 116 valence electrons. The van der Waals surface area contributed by atoms with Crippen LogP contribution < -0.4 is 10.1 Å².